The number of anilines is 1. The van der Waals surface area contributed by atoms with Gasteiger partial charge in [0.25, 0.3) is 0 Å². The van der Waals surface area contributed by atoms with E-state index in [1.165, 1.54) is 16.9 Å². The molecular formula is C20H22ClN3O3S. The molecule has 4 rings (SSSR count). The highest BCUT2D eigenvalue weighted by molar-refractivity contribution is 7.15. The average molecular weight is 420 g/mol. The zero-order valence-electron chi connectivity index (χ0n) is 15.3. The lowest BCUT2D eigenvalue weighted by atomic mass is 9.76. The van der Waals surface area contributed by atoms with Gasteiger partial charge in [-0.2, -0.15) is 0 Å². The van der Waals surface area contributed by atoms with Crippen molar-refractivity contribution < 1.29 is 14.3 Å². The minimum Gasteiger partial charge on any atom is -0.378 e. The van der Waals surface area contributed by atoms with E-state index >= 15 is 0 Å². The number of nitrogens with zero attached hydrogens (tertiary/aromatic N) is 1. The van der Waals surface area contributed by atoms with Crippen LogP contribution in [0.3, 0.4) is 0 Å². The lowest BCUT2D eigenvalue weighted by Crippen LogP contribution is -2.47. The van der Waals surface area contributed by atoms with Crippen molar-refractivity contribution in [1.82, 2.24) is 10.3 Å². The largest absolute Gasteiger partial charge is 0.378 e. The minimum absolute atomic E-state index is 0.0188. The molecule has 1 aliphatic heterocycles. The normalized spacial score (nSPS) is 23.8. The van der Waals surface area contributed by atoms with E-state index in [1.807, 2.05) is 24.3 Å². The van der Waals surface area contributed by atoms with E-state index in [1.54, 1.807) is 6.20 Å². The molecule has 2 aromatic rings. The third-order valence-electron chi connectivity index (χ3n) is 5.25. The summed E-state index contributed by atoms with van der Waals surface area (Å²) < 4.78 is 5.62. The highest BCUT2D eigenvalue weighted by Gasteiger charge is 2.32. The van der Waals surface area contributed by atoms with E-state index in [9.17, 15) is 9.59 Å². The molecule has 0 bridgehead atoms. The van der Waals surface area contributed by atoms with E-state index in [2.05, 4.69) is 15.6 Å². The Balaban J connectivity index is 1.21. The first kappa shape index (κ1) is 19.4. The predicted molar refractivity (Wildman–Crippen MR) is 109 cm³/mol. The molecule has 0 radical (unpaired) electrons. The van der Waals surface area contributed by atoms with Gasteiger partial charge in [0.05, 0.1) is 6.10 Å². The quantitative estimate of drug-likeness (QED) is 0.726. The molecule has 0 spiro atoms. The van der Waals surface area contributed by atoms with Gasteiger partial charge >= 0.3 is 11.8 Å². The standard InChI is InChI=1S/C20H22ClN3O3S/c21-14-5-3-12(4-6-14)13-8-15(9-13)23-18(25)19(26)24-20-22-11-17(28-20)10-16-2-1-7-27-16/h3-6,11,13,15-16H,1-2,7-10H2,(H,23,25)(H,22,24,26). The van der Waals surface area contributed by atoms with E-state index in [-0.39, 0.29) is 12.1 Å². The van der Waals surface area contributed by atoms with Crippen molar-refractivity contribution in [2.75, 3.05) is 11.9 Å². The first-order valence-corrected chi connectivity index (χ1v) is 10.7. The van der Waals surface area contributed by atoms with Crippen LogP contribution in [0.4, 0.5) is 5.13 Å². The van der Waals surface area contributed by atoms with Crippen molar-refractivity contribution >= 4 is 39.9 Å². The molecule has 28 heavy (non-hydrogen) atoms. The number of aromatic nitrogens is 1. The highest BCUT2D eigenvalue weighted by atomic mass is 35.5. The number of amides is 2. The summed E-state index contributed by atoms with van der Waals surface area (Å²) in [6.45, 7) is 0.813. The summed E-state index contributed by atoms with van der Waals surface area (Å²) in [7, 11) is 0. The molecule has 6 nitrogen and oxygen atoms in total. The van der Waals surface area contributed by atoms with E-state index in [0.717, 1.165) is 43.6 Å². The van der Waals surface area contributed by atoms with Gasteiger partial charge in [0.2, 0.25) is 0 Å². The van der Waals surface area contributed by atoms with Crippen molar-refractivity contribution in [3.8, 4) is 0 Å². The monoisotopic (exact) mass is 419 g/mol. The van der Waals surface area contributed by atoms with Crippen LogP contribution >= 0.6 is 22.9 Å². The fourth-order valence-electron chi connectivity index (χ4n) is 3.64. The van der Waals surface area contributed by atoms with Crippen molar-refractivity contribution in [2.24, 2.45) is 0 Å². The number of rotatable bonds is 5. The third kappa shape index (κ3) is 4.71. The summed E-state index contributed by atoms with van der Waals surface area (Å²) in [5.41, 5.74) is 1.21. The molecule has 148 valence electrons. The number of thiazole rings is 1. The first-order valence-electron chi connectivity index (χ1n) is 9.50. The van der Waals surface area contributed by atoms with Gasteiger partial charge < -0.3 is 10.1 Å². The number of benzene rings is 1. The van der Waals surface area contributed by atoms with Gasteiger partial charge in [-0.25, -0.2) is 4.98 Å². The van der Waals surface area contributed by atoms with Gasteiger partial charge in [-0.05, 0) is 49.3 Å². The second-order valence-electron chi connectivity index (χ2n) is 7.32. The van der Waals surface area contributed by atoms with Crippen LogP contribution in [0, 0.1) is 0 Å². The summed E-state index contributed by atoms with van der Waals surface area (Å²) in [6.07, 6.45) is 6.57. The summed E-state index contributed by atoms with van der Waals surface area (Å²) in [4.78, 5) is 29.5. The molecule has 2 aliphatic rings. The molecule has 1 aromatic heterocycles. The van der Waals surface area contributed by atoms with E-state index in [0.29, 0.717) is 16.1 Å². The van der Waals surface area contributed by atoms with Crippen LogP contribution in [0.2, 0.25) is 5.02 Å². The summed E-state index contributed by atoms with van der Waals surface area (Å²) in [6, 6.07) is 7.78. The summed E-state index contributed by atoms with van der Waals surface area (Å²) >= 11 is 7.30. The molecule has 1 atom stereocenters. The molecule has 2 heterocycles. The molecule has 1 saturated carbocycles. The zero-order valence-corrected chi connectivity index (χ0v) is 16.9. The number of ether oxygens (including phenoxy) is 1. The smallest absolute Gasteiger partial charge is 0.315 e. The highest BCUT2D eigenvalue weighted by Crippen LogP contribution is 2.37. The number of hydrogen-bond acceptors (Lipinski definition) is 5. The Morgan fingerprint density at radius 2 is 2.00 bits per heavy atom. The molecule has 8 heteroatoms. The maximum Gasteiger partial charge on any atom is 0.315 e. The maximum absolute atomic E-state index is 12.1. The van der Waals surface area contributed by atoms with E-state index < -0.39 is 11.8 Å². The van der Waals surface area contributed by atoms with E-state index in [4.69, 9.17) is 16.3 Å². The van der Waals surface area contributed by atoms with Crippen molar-refractivity contribution in [1.29, 1.82) is 0 Å². The molecular weight excluding hydrogens is 398 g/mol. The van der Waals surface area contributed by atoms with Gasteiger partial charge in [-0.3, -0.25) is 14.9 Å². The van der Waals surface area contributed by atoms with Crippen LogP contribution in [0.1, 0.15) is 42.0 Å². The Morgan fingerprint density at radius 3 is 2.71 bits per heavy atom. The van der Waals surface area contributed by atoms with Crippen molar-refractivity contribution in [2.45, 2.75) is 50.2 Å². The van der Waals surface area contributed by atoms with Crippen LogP contribution < -0.4 is 10.6 Å². The Kier molecular flexibility index (Phi) is 5.94. The Labute approximate surface area is 172 Å². The average Bonchev–Trinajstić information content (AvgIpc) is 3.31. The molecule has 2 N–H and O–H groups in total. The first-order chi connectivity index (χ1) is 13.6. The second-order valence-corrected chi connectivity index (χ2v) is 8.87. The summed E-state index contributed by atoms with van der Waals surface area (Å²) in [5.74, 6) is -0.895. The Hall–Kier alpha value is -1.96. The molecule has 2 fully saturated rings. The van der Waals surface area contributed by atoms with Gasteiger partial charge in [-0.1, -0.05) is 23.7 Å². The lowest BCUT2D eigenvalue weighted by Gasteiger charge is -2.36. The van der Waals surface area contributed by atoms with Crippen molar-refractivity contribution in [3.05, 3.63) is 45.9 Å². The molecule has 2 amide bonds. The van der Waals surface area contributed by atoms with Gasteiger partial charge in [-0.15, -0.1) is 11.3 Å². The fraction of sp³-hybridized carbons (Fsp3) is 0.450. The van der Waals surface area contributed by atoms with Gasteiger partial charge in [0, 0.05) is 35.2 Å². The lowest BCUT2D eigenvalue weighted by molar-refractivity contribution is -0.137. The van der Waals surface area contributed by atoms with Gasteiger partial charge in [0.1, 0.15) is 0 Å². The number of hydrogen-bond donors (Lipinski definition) is 2. The number of carbonyl (C=O) groups is 2. The second kappa shape index (κ2) is 8.59. The minimum atomic E-state index is -0.673. The zero-order chi connectivity index (χ0) is 19.5. The third-order valence-corrected chi connectivity index (χ3v) is 6.43. The maximum atomic E-state index is 12.1. The van der Waals surface area contributed by atoms with Gasteiger partial charge in [0.15, 0.2) is 5.13 Å². The number of halogens is 1. The summed E-state index contributed by atoms with van der Waals surface area (Å²) in [5, 5.41) is 6.54. The van der Waals surface area contributed by atoms with Crippen LogP contribution in [-0.2, 0) is 20.7 Å². The van der Waals surface area contributed by atoms with Crippen LogP contribution in [0.25, 0.3) is 0 Å². The van der Waals surface area contributed by atoms with Crippen LogP contribution in [0.15, 0.2) is 30.5 Å². The molecule has 1 aromatic carbocycles. The Bertz CT molecular complexity index is 843. The number of carbonyl (C=O) groups excluding carboxylic acids is 2. The SMILES string of the molecule is O=C(Nc1ncc(CC2CCCO2)s1)C(=O)NC1CC(c2ccc(Cl)cc2)C1. The van der Waals surface area contributed by atoms with Crippen LogP contribution in [-0.4, -0.2) is 35.6 Å². The fourth-order valence-corrected chi connectivity index (χ4v) is 4.64. The Morgan fingerprint density at radius 1 is 1.21 bits per heavy atom. The van der Waals surface area contributed by atoms with Crippen LogP contribution in [0.5, 0.6) is 0 Å². The van der Waals surface area contributed by atoms with Crippen molar-refractivity contribution in [3.63, 3.8) is 0 Å². The molecule has 1 aliphatic carbocycles. The predicted octanol–water partition coefficient (Wildman–Crippen LogP) is 3.52. The molecule has 1 saturated heterocycles. The number of nitrogens with one attached hydrogen (secondary N) is 2. The molecule has 1 unspecified atom stereocenters. The topological polar surface area (TPSA) is 80.3 Å².